The van der Waals surface area contributed by atoms with Gasteiger partial charge < -0.3 is 4.42 Å². The molecule has 0 spiro atoms. The van der Waals surface area contributed by atoms with Crippen LogP contribution in [0.4, 0.5) is 4.39 Å². The number of fused-ring (bicyclic) bond motifs is 1. The van der Waals surface area contributed by atoms with Gasteiger partial charge in [0, 0.05) is 17.0 Å². The molecular weight excluding hydrogens is 423 g/mol. The van der Waals surface area contributed by atoms with Gasteiger partial charge in [0.15, 0.2) is 5.58 Å². The van der Waals surface area contributed by atoms with E-state index in [0.29, 0.717) is 23.6 Å². The molecule has 4 nitrogen and oxygen atoms in total. The molecule has 0 unspecified atom stereocenters. The lowest BCUT2D eigenvalue weighted by Gasteiger charge is -2.40. The summed E-state index contributed by atoms with van der Waals surface area (Å²) < 4.78 is 18.3. The number of halogens is 1. The molecule has 1 heterocycles. The van der Waals surface area contributed by atoms with Gasteiger partial charge in [-0.05, 0) is 106 Å². The van der Waals surface area contributed by atoms with Crippen LogP contribution < -0.4 is 5.76 Å². The Labute approximate surface area is 193 Å². The van der Waals surface area contributed by atoms with E-state index in [2.05, 4.69) is 29.8 Å². The Morgan fingerprint density at radius 1 is 1.16 bits per heavy atom. The first kappa shape index (κ1) is 23.1. The van der Waals surface area contributed by atoms with Gasteiger partial charge in [-0.2, -0.15) is 0 Å². The van der Waals surface area contributed by atoms with Crippen molar-refractivity contribution in [2.45, 2.75) is 75.3 Å². The van der Waals surface area contributed by atoms with Crippen molar-refractivity contribution in [3.8, 4) is 0 Å². The van der Waals surface area contributed by atoms with E-state index in [0.717, 1.165) is 29.1 Å². The van der Waals surface area contributed by atoms with Gasteiger partial charge in [-0.15, -0.1) is 11.8 Å². The monoisotopic (exact) mass is 456 g/mol. The van der Waals surface area contributed by atoms with Crippen molar-refractivity contribution in [3.63, 3.8) is 0 Å². The molecule has 172 valence electrons. The summed E-state index contributed by atoms with van der Waals surface area (Å²) in [5, 5.41) is 0. The standard InChI is InChI=1S/C26H33FN2O2S/c1-3-29(18(2)5-4-16-32-23-13-9-21(27)10-14-23)22-11-6-19(7-12-22)20-8-15-24-25(17-20)31-26(30)28-24/h8-10,13-15,17-19,22H,3-7,11-12,16H2,1-2H3,(H,28,30)/t18-,19-,22-/m0/s1. The van der Waals surface area contributed by atoms with Crippen LogP contribution in [0, 0.1) is 5.82 Å². The fraction of sp³-hybridized carbons (Fsp3) is 0.500. The van der Waals surface area contributed by atoms with Crippen LogP contribution in [0.1, 0.15) is 63.9 Å². The number of benzene rings is 2. The molecular formula is C26H33FN2O2S. The summed E-state index contributed by atoms with van der Waals surface area (Å²) in [4.78, 5) is 18.0. The molecule has 3 aromatic rings. The van der Waals surface area contributed by atoms with Crippen LogP contribution in [-0.2, 0) is 0 Å². The largest absolute Gasteiger partial charge is 0.417 e. The van der Waals surface area contributed by atoms with Gasteiger partial charge >= 0.3 is 5.76 Å². The van der Waals surface area contributed by atoms with E-state index in [-0.39, 0.29) is 11.6 Å². The van der Waals surface area contributed by atoms with Gasteiger partial charge in [-0.1, -0.05) is 13.0 Å². The van der Waals surface area contributed by atoms with Gasteiger partial charge in [0.2, 0.25) is 0 Å². The average Bonchev–Trinajstić information content (AvgIpc) is 3.18. The quantitative estimate of drug-likeness (QED) is 0.292. The van der Waals surface area contributed by atoms with E-state index in [1.807, 2.05) is 36.0 Å². The maximum absolute atomic E-state index is 13.0. The summed E-state index contributed by atoms with van der Waals surface area (Å²) in [5.74, 6) is 1.05. The van der Waals surface area contributed by atoms with Crippen molar-refractivity contribution in [1.82, 2.24) is 9.88 Å². The zero-order chi connectivity index (χ0) is 22.5. The summed E-state index contributed by atoms with van der Waals surface area (Å²) in [7, 11) is 0. The number of aromatic amines is 1. The Morgan fingerprint density at radius 3 is 2.62 bits per heavy atom. The first-order valence-corrected chi connectivity index (χ1v) is 12.8. The van der Waals surface area contributed by atoms with E-state index in [9.17, 15) is 9.18 Å². The van der Waals surface area contributed by atoms with Crippen LogP contribution in [0.5, 0.6) is 0 Å². The Bertz CT molecular complexity index is 1050. The van der Waals surface area contributed by atoms with Gasteiger partial charge in [-0.3, -0.25) is 9.88 Å². The summed E-state index contributed by atoms with van der Waals surface area (Å²) >= 11 is 1.81. The highest BCUT2D eigenvalue weighted by Gasteiger charge is 2.28. The molecule has 0 aliphatic heterocycles. The van der Waals surface area contributed by atoms with Crippen LogP contribution in [-0.4, -0.2) is 34.3 Å². The number of nitrogens with one attached hydrogen (secondary N) is 1. The predicted octanol–water partition coefficient (Wildman–Crippen LogP) is 6.57. The van der Waals surface area contributed by atoms with Gasteiger partial charge in [0.25, 0.3) is 0 Å². The smallest absolute Gasteiger partial charge is 0.408 e. The summed E-state index contributed by atoms with van der Waals surface area (Å²) in [6.45, 7) is 5.72. The molecule has 6 heteroatoms. The second kappa shape index (κ2) is 10.7. The average molecular weight is 457 g/mol. The molecule has 1 saturated carbocycles. The van der Waals surface area contributed by atoms with Gasteiger partial charge in [0.05, 0.1) is 5.52 Å². The Hall–Kier alpha value is -2.05. The minimum atomic E-state index is -0.385. The van der Waals surface area contributed by atoms with Crippen molar-refractivity contribution in [1.29, 1.82) is 0 Å². The van der Waals surface area contributed by atoms with Gasteiger partial charge in [-0.25, -0.2) is 9.18 Å². The molecule has 1 N–H and O–H groups in total. The Kier molecular flexibility index (Phi) is 7.74. The third kappa shape index (κ3) is 5.65. The lowest BCUT2D eigenvalue weighted by atomic mass is 9.80. The van der Waals surface area contributed by atoms with E-state index in [1.54, 1.807) is 0 Å². The second-order valence-corrected chi connectivity index (χ2v) is 10.1. The third-order valence-corrected chi connectivity index (χ3v) is 7.96. The lowest BCUT2D eigenvalue weighted by Crippen LogP contribution is -2.43. The highest BCUT2D eigenvalue weighted by Crippen LogP contribution is 2.36. The molecule has 1 fully saturated rings. The van der Waals surface area contributed by atoms with E-state index in [4.69, 9.17) is 4.42 Å². The summed E-state index contributed by atoms with van der Waals surface area (Å²) in [5.41, 5.74) is 2.72. The second-order valence-electron chi connectivity index (χ2n) is 8.90. The fourth-order valence-electron chi connectivity index (χ4n) is 5.15. The first-order valence-electron chi connectivity index (χ1n) is 11.8. The Morgan fingerprint density at radius 2 is 1.91 bits per heavy atom. The van der Waals surface area contributed by atoms with Crippen molar-refractivity contribution in [2.75, 3.05) is 12.3 Å². The highest BCUT2D eigenvalue weighted by atomic mass is 32.2. The fourth-order valence-corrected chi connectivity index (χ4v) is 6.03. The molecule has 0 saturated heterocycles. The molecule has 4 rings (SSSR count). The molecule has 1 aliphatic rings. The molecule has 1 aromatic heterocycles. The molecule has 0 amide bonds. The number of thioether (sulfide) groups is 1. The summed E-state index contributed by atoms with van der Waals surface area (Å²) in [6, 6.07) is 14.1. The lowest BCUT2D eigenvalue weighted by molar-refractivity contribution is 0.108. The van der Waals surface area contributed by atoms with E-state index in [1.165, 1.54) is 49.8 Å². The van der Waals surface area contributed by atoms with Gasteiger partial charge in [0.1, 0.15) is 5.82 Å². The first-order chi connectivity index (χ1) is 15.5. The molecule has 1 atom stereocenters. The zero-order valence-corrected chi connectivity index (χ0v) is 19.8. The van der Waals surface area contributed by atoms with Crippen molar-refractivity contribution in [2.24, 2.45) is 0 Å². The minimum Gasteiger partial charge on any atom is -0.408 e. The Balaban J connectivity index is 1.25. The normalized spacial score (nSPS) is 20.1. The van der Waals surface area contributed by atoms with Crippen molar-refractivity contribution >= 4 is 22.9 Å². The number of nitrogens with zero attached hydrogens (tertiary/aromatic N) is 1. The van der Waals surface area contributed by atoms with Crippen LogP contribution in [0.25, 0.3) is 11.1 Å². The van der Waals surface area contributed by atoms with E-state index >= 15 is 0 Å². The number of aromatic nitrogens is 1. The number of hydrogen-bond donors (Lipinski definition) is 1. The number of hydrogen-bond acceptors (Lipinski definition) is 4. The van der Waals surface area contributed by atoms with E-state index < -0.39 is 0 Å². The molecule has 2 aromatic carbocycles. The number of oxazole rings is 1. The SMILES string of the molecule is CCN([C@H]1CC[C@H](c2ccc3[nH]c(=O)oc3c2)CC1)[C@@H](C)CCCSc1ccc(F)cc1. The molecule has 32 heavy (non-hydrogen) atoms. The number of H-pyrrole nitrogens is 1. The summed E-state index contributed by atoms with van der Waals surface area (Å²) in [6.07, 6.45) is 7.12. The van der Waals surface area contributed by atoms with Crippen molar-refractivity contribution in [3.05, 3.63) is 64.4 Å². The molecule has 0 radical (unpaired) electrons. The van der Waals surface area contributed by atoms with Crippen LogP contribution in [0.15, 0.2) is 56.6 Å². The minimum absolute atomic E-state index is 0.173. The maximum atomic E-state index is 13.0. The third-order valence-electron chi connectivity index (χ3n) is 6.86. The molecule has 0 bridgehead atoms. The van der Waals surface area contributed by atoms with Crippen LogP contribution >= 0.6 is 11.8 Å². The maximum Gasteiger partial charge on any atom is 0.417 e. The topological polar surface area (TPSA) is 49.2 Å². The predicted molar refractivity (Wildman–Crippen MR) is 130 cm³/mol. The highest BCUT2D eigenvalue weighted by molar-refractivity contribution is 7.99. The van der Waals surface area contributed by atoms with Crippen LogP contribution in [0.2, 0.25) is 0 Å². The zero-order valence-electron chi connectivity index (χ0n) is 19.0. The molecule has 1 aliphatic carbocycles. The van der Waals surface area contributed by atoms with Crippen LogP contribution in [0.3, 0.4) is 0 Å². The van der Waals surface area contributed by atoms with Crippen molar-refractivity contribution < 1.29 is 8.81 Å². The number of rotatable bonds is 9.